The molecule has 1 amide bonds. The number of hydrogen-bond acceptors (Lipinski definition) is 3. The number of rotatable bonds is 4. The van der Waals surface area contributed by atoms with Gasteiger partial charge in [0, 0.05) is 25.1 Å². The van der Waals surface area contributed by atoms with Gasteiger partial charge in [-0.15, -0.1) is 0 Å². The predicted molar refractivity (Wildman–Crippen MR) is 78.4 cm³/mol. The first-order chi connectivity index (χ1) is 10.0. The molecule has 0 saturated carbocycles. The van der Waals surface area contributed by atoms with Crippen LogP contribution in [0.5, 0.6) is 5.75 Å². The van der Waals surface area contributed by atoms with Gasteiger partial charge in [0.1, 0.15) is 0 Å². The van der Waals surface area contributed by atoms with Crippen molar-refractivity contribution in [2.45, 2.75) is 19.4 Å². The van der Waals surface area contributed by atoms with Gasteiger partial charge in [-0.25, -0.2) is 4.39 Å². The number of methoxy groups -OCH3 is 1. The Labute approximate surface area is 123 Å². The maximum atomic E-state index is 13.5. The maximum Gasteiger partial charge on any atom is 0.246 e. The van der Waals surface area contributed by atoms with Crippen LogP contribution < -0.4 is 4.74 Å². The average molecular weight is 293 g/mol. The smallest absolute Gasteiger partial charge is 0.246 e. The molecule has 0 aromatic heterocycles. The number of aliphatic hydroxyl groups excluding tert-OH is 1. The number of benzene rings is 1. The molecule has 1 aromatic carbocycles. The zero-order chi connectivity index (χ0) is 15.4. The van der Waals surface area contributed by atoms with E-state index >= 15 is 0 Å². The van der Waals surface area contributed by atoms with Crippen molar-refractivity contribution in [2.24, 2.45) is 5.92 Å². The Kier molecular flexibility index (Phi) is 4.96. The highest BCUT2D eigenvalue weighted by atomic mass is 19.1. The highest BCUT2D eigenvalue weighted by Gasteiger charge is 2.27. The van der Waals surface area contributed by atoms with Crippen LogP contribution in [0.15, 0.2) is 24.3 Å². The molecule has 0 aliphatic carbocycles. The Morgan fingerprint density at radius 3 is 2.90 bits per heavy atom. The summed E-state index contributed by atoms with van der Waals surface area (Å²) in [5, 5.41) is 9.53. The number of hydrogen-bond donors (Lipinski definition) is 1. The van der Waals surface area contributed by atoms with Crippen LogP contribution in [0.1, 0.15) is 18.9 Å². The molecule has 1 aliphatic heterocycles. The summed E-state index contributed by atoms with van der Waals surface area (Å²) < 4.78 is 18.4. The minimum absolute atomic E-state index is 0.116. The number of carbonyl (C=O) groups is 1. The van der Waals surface area contributed by atoms with Gasteiger partial charge < -0.3 is 14.7 Å². The van der Waals surface area contributed by atoms with E-state index in [9.17, 15) is 14.3 Å². The number of likely N-dealkylation sites (tertiary alicyclic amines) is 1. The van der Waals surface area contributed by atoms with E-state index in [2.05, 4.69) is 0 Å². The number of nitrogens with zero attached hydrogens (tertiary/aromatic N) is 1. The van der Waals surface area contributed by atoms with Crippen molar-refractivity contribution in [1.29, 1.82) is 0 Å². The van der Waals surface area contributed by atoms with Crippen molar-refractivity contribution >= 4 is 12.0 Å². The molecule has 0 bridgehead atoms. The summed E-state index contributed by atoms with van der Waals surface area (Å²) in [5.41, 5.74) is 0.605. The monoisotopic (exact) mass is 293 g/mol. The first kappa shape index (κ1) is 15.5. The molecule has 5 heteroatoms. The van der Waals surface area contributed by atoms with Crippen LogP contribution in [0.2, 0.25) is 0 Å². The normalized spacial score (nSPS) is 20.0. The summed E-state index contributed by atoms with van der Waals surface area (Å²) in [6.07, 6.45) is 3.43. The molecule has 1 N–H and O–H groups in total. The highest BCUT2D eigenvalue weighted by molar-refractivity contribution is 5.92. The summed E-state index contributed by atoms with van der Waals surface area (Å²) >= 11 is 0. The second kappa shape index (κ2) is 6.72. The molecule has 0 radical (unpaired) electrons. The third kappa shape index (κ3) is 3.82. The first-order valence-corrected chi connectivity index (χ1v) is 7.00. The van der Waals surface area contributed by atoms with Crippen molar-refractivity contribution in [3.63, 3.8) is 0 Å². The lowest BCUT2D eigenvalue weighted by molar-refractivity contribution is -0.125. The molecule has 4 nitrogen and oxygen atoms in total. The van der Waals surface area contributed by atoms with Crippen LogP contribution in [0.4, 0.5) is 4.39 Å². The lowest BCUT2D eigenvalue weighted by Gasteiger charge is -2.15. The Morgan fingerprint density at radius 2 is 2.33 bits per heavy atom. The SMILES string of the molecule is COc1ccc(/C=C/C(=O)N2CCC(C(C)O)C2)cc1F. The fraction of sp³-hybridized carbons (Fsp3) is 0.438. The lowest BCUT2D eigenvalue weighted by atomic mass is 10.0. The fourth-order valence-corrected chi connectivity index (χ4v) is 2.44. The predicted octanol–water partition coefficient (Wildman–Crippen LogP) is 2.08. The molecule has 2 unspecified atom stereocenters. The number of carbonyl (C=O) groups excluding carboxylic acids is 1. The summed E-state index contributed by atoms with van der Waals surface area (Å²) in [4.78, 5) is 13.7. The molecular formula is C16H20FNO3. The van der Waals surface area contributed by atoms with Gasteiger partial charge in [0.15, 0.2) is 11.6 Å². The van der Waals surface area contributed by atoms with Crippen LogP contribution in [0.3, 0.4) is 0 Å². The second-order valence-electron chi connectivity index (χ2n) is 5.30. The zero-order valence-corrected chi connectivity index (χ0v) is 12.3. The minimum atomic E-state index is -0.456. The van der Waals surface area contributed by atoms with Crippen LogP contribution in [-0.2, 0) is 4.79 Å². The van der Waals surface area contributed by atoms with Gasteiger partial charge in [0.05, 0.1) is 13.2 Å². The van der Waals surface area contributed by atoms with Gasteiger partial charge >= 0.3 is 0 Å². The number of aliphatic hydroxyl groups is 1. The lowest BCUT2D eigenvalue weighted by Crippen LogP contribution is -2.28. The van der Waals surface area contributed by atoms with E-state index in [1.54, 1.807) is 24.0 Å². The third-order valence-corrected chi connectivity index (χ3v) is 3.81. The summed E-state index contributed by atoms with van der Waals surface area (Å²) in [6.45, 7) is 2.96. The van der Waals surface area contributed by atoms with E-state index in [0.29, 0.717) is 18.7 Å². The van der Waals surface area contributed by atoms with Crippen LogP contribution in [0, 0.1) is 11.7 Å². The number of ether oxygens (including phenoxy) is 1. The van der Waals surface area contributed by atoms with Gasteiger partial charge in [-0.3, -0.25) is 4.79 Å². The highest BCUT2D eigenvalue weighted by Crippen LogP contribution is 2.21. The quantitative estimate of drug-likeness (QED) is 0.865. The zero-order valence-electron chi connectivity index (χ0n) is 12.3. The Bertz CT molecular complexity index is 542. The largest absolute Gasteiger partial charge is 0.494 e. The van der Waals surface area contributed by atoms with E-state index in [1.165, 1.54) is 25.3 Å². The standard InChI is InChI=1S/C16H20FNO3/c1-11(19)13-7-8-18(10-13)16(20)6-4-12-3-5-15(21-2)14(17)9-12/h3-6,9,11,13,19H,7-8,10H2,1-2H3/b6-4+. The van der Waals surface area contributed by atoms with Gasteiger partial charge in [0.25, 0.3) is 0 Å². The molecule has 2 rings (SSSR count). The number of amides is 1. The topological polar surface area (TPSA) is 49.8 Å². The molecule has 1 aliphatic rings. The Morgan fingerprint density at radius 1 is 1.57 bits per heavy atom. The van der Waals surface area contributed by atoms with E-state index in [1.807, 2.05) is 0 Å². The second-order valence-corrected chi connectivity index (χ2v) is 5.30. The van der Waals surface area contributed by atoms with Gasteiger partial charge in [-0.1, -0.05) is 6.07 Å². The van der Waals surface area contributed by atoms with Crippen molar-refractivity contribution in [1.82, 2.24) is 4.90 Å². The molecule has 1 fully saturated rings. The summed E-state index contributed by atoms with van der Waals surface area (Å²) in [7, 11) is 1.41. The minimum Gasteiger partial charge on any atom is -0.494 e. The van der Waals surface area contributed by atoms with Crippen molar-refractivity contribution in [3.05, 3.63) is 35.7 Å². The van der Waals surface area contributed by atoms with E-state index in [-0.39, 0.29) is 17.6 Å². The molecule has 1 saturated heterocycles. The molecule has 2 atom stereocenters. The molecule has 1 aromatic rings. The molecule has 114 valence electrons. The molecule has 21 heavy (non-hydrogen) atoms. The van der Waals surface area contributed by atoms with Gasteiger partial charge in [0.2, 0.25) is 5.91 Å². The van der Waals surface area contributed by atoms with E-state index < -0.39 is 11.9 Å². The van der Waals surface area contributed by atoms with Crippen molar-refractivity contribution < 1.29 is 19.0 Å². The van der Waals surface area contributed by atoms with E-state index in [4.69, 9.17) is 4.74 Å². The average Bonchev–Trinajstić information content (AvgIpc) is 2.95. The Balaban J connectivity index is 1.98. The van der Waals surface area contributed by atoms with Crippen molar-refractivity contribution in [2.75, 3.05) is 20.2 Å². The number of halogens is 1. The van der Waals surface area contributed by atoms with E-state index in [0.717, 1.165) is 6.42 Å². The van der Waals surface area contributed by atoms with Crippen LogP contribution in [0.25, 0.3) is 6.08 Å². The molecular weight excluding hydrogens is 273 g/mol. The van der Waals surface area contributed by atoms with Crippen LogP contribution in [-0.4, -0.2) is 42.2 Å². The maximum absolute atomic E-state index is 13.5. The fourth-order valence-electron chi connectivity index (χ4n) is 2.44. The van der Waals surface area contributed by atoms with Gasteiger partial charge in [-0.05, 0) is 37.1 Å². The Hall–Kier alpha value is -1.88. The summed E-state index contributed by atoms with van der Waals surface area (Å²) in [5.74, 6) is -0.254. The van der Waals surface area contributed by atoms with Crippen molar-refractivity contribution in [3.8, 4) is 5.75 Å². The first-order valence-electron chi connectivity index (χ1n) is 7.00. The molecule has 1 heterocycles. The summed E-state index contributed by atoms with van der Waals surface area (Å²) in [6, 6.07) is 4.54. The van der Waals surface area contributed by atoms with Gasteiger partial charge in [-0.2, -0.15) is 0 Å². The molecule has 0 spiro atoms. The third-order valence-electron chi connectivity index (χ3n) is 3.81. The van der Waals surface area contributed by atoms with Crippen LogP contribution >= 0.6 is 0 Å².